The molecule has 0 radical (unpaired) electrons. The van der Waals surface area contributed by atoms with Gasteiger partial charge in [0.2, 0.25) is 0 Å². The molecule has 0 aromatic heterocycles. The molecule has 0 aliphatic carbocycles. The standard InChI is InChI=1S/C74H134O6/c1-4-7-10-13-16-18-20-22-24-26-28-30-31-32-33-34-35-36-37-38-39-40-41-42-43-44-46-47-49-51-53-55-58-61-64-67-73(76)79-70-71(69-78-72(75)66-63-60-57-15-12-9-6-3)80-74(77)68-65-62-59-56-54-52-50-48-45-29-27-25-23-21-19-17-14-11-8-5-2/h7,10,16,18,22,24,28,30,32-33,71H,4-6,8-9,11-15,17,19-21,23,25-27,29,31,34-70H2,1-3H3/b10-7-,18-16-,24-22-,30-28-,33-32-. The van der Waals surface area contributed by atoms with Crippen LogP contribution in [0.2, 0.25) is 0 Å². The van der Waals surface area contributed by atoms with Gasteiger partial charge in [0.1, 0.15) is 13.2 Å². The number of allylic oxidation sites excluding steroid dienone is 10. The van der Waals surface area contributed by atoms with Crippen molar-refractivity contribution in [1.29, 1.82) is 0 Å². The van der Waals surface area contributed by atoms with Crippen molar-refractivity contribution >= 4 is 17.9 Å². The largest absolute Gasteiger partial charge is 0.462 e. The van der Waals surface area contributed by atoms with Gasteiger partial charge in [-0.25, -0.2) is 0 Å². The van der Waals surface area contributed by atoms with Gasteiger partial charge in [-0.05, 0) is 64.2 Å². The molecule has 0 saturated carbocycles. The maximum Gasteiger partial charge on any atom is 0.306 e. The van der Waals surface area contributed by atoms with Crippen molar-refractivity contribution < 1.29 is 28.6 Å². The van der Waals surface area contributed by atoms with Crippen LogP contribution in [0, 0.1) is 0 Å². The van der Waals surface area contributed by atoms with Gasteiger partial charge in [0, 0.05) is 19.3 Å². The second-order valence-corrected chi connectivity index (χ2v) is 23.8. The van der Waals surface area contributed by atoms with E-state index in [-0.39, 0.29) is 31.1 Å². The van der Waals surface area contributed by atoms with Crippen molar-refractivity contribution in [3.8, 4) is 0 Å². The summed E-state index contributed by atoms with van der Waals surface area (Å²) in [4.78, 5) is 38.1. The number of ether oxygens (including phenoxy) is 3. The lowest BCUT2D eigenvalue weighted by Gasteiger charge is -2.18. The van der Waals surface area contributed by atoms with Gasteiger partial charge in [-0.2, -0.15) is 0 Å². The van der Waals surface area contributed by atoms with E-state index in [4.69, 9.17) is 14.2 Å². The van der Waals surface area contributed by atoms with E-state index in [0.717, 1.165) is 89.9 Å². The normalized spacial score (nSPS) is 12.4. The van der Waals surface area contributed by atoms with Crippen LogP contribution in [0.1, 0.15) is 374 Å². The Morgan fingerprint density at radius 3 is 0.762 bits per heavy atom. The van der Waals surface area contributed by atoms with Gasteiger partial charge in [-0.15, -0.1) is 0 Å². The van der Waals surface area contributed by atoms with Gasteiger partial charge in [-0.1, -0.05) is 351 Å². The smallest absolute Gasteiger partial charge is 0.306 e. The number of hydrogen-bond donors (Lipinski definition) is 0. The summed E-state index contributed by atoms with van der Waals surface area (Å²) in [6, 6.07) is 0. The fraction of sp³-hybridized carbons (Fsp3) is 0.824. The Bertz CT molecular complexity index is 1430. The number of esters is 3. The molecule has 6 nitrogen and oxygen atoms in total. The molecule has 1 atom stereocenters. The maximum absolute atomic E-state index is 12.9. The molecule has 0 amide bonds. The first-order valence-corrected chi connectivity index (χ1v) is 35.3. The lowest BCUT2D eigenvalue weighted by atomic mass is 10.0. The molecule has 80 heavy (non-hydrogen) atoms. The third kappa shape index (κ3) is 65.9. The van der Waals surface area contributed by atoms with Crippen LogP contribution in [-0.4, -0.2) is 37.2 Å². The molecule has 0 spiro atoms. The number of carbonyl (C=O) groups is 3. The second kappa shape index (κ2) is 68.6. The number of hydrogen-bond acceptors (Lipinski definition) is 6. The first-order chi connectivity index (χ1) is 39.5. The summed E-state index contributed by atoms with van der Waals surface area (Å²) in [5.41, 5.74) is 0. The Balaban J connectivity index is 3.97. The molecule has 6 heteroatoms. The van der Waals surface area contributed by atoms with E-state index in [1.807, 2.05) is 0 Å². The second-order valence-electron chi connectivity index (χ2n) is 23.8. The summed E-state index contributed by atoms with van der Waals surface area (Å²) in [6.45, 7) is 6.55. The molecule has 0 rings (SSSR count). The van der Waals surface area contributed by atoms with E-state index >= 15 is 0 Å². The summed E-state index contributed by atoms with van der Waals surface area (Å²) in [5.74, 6) is -0.847. The van der Waals surface area contributed by atoms with Crippen LogP contribution in [0.5, 0.6) is 0 Å². The van der Waals surface area contributed by atoms with E-state index in [1.54, 1.807) is 0 Å². The average molecular weight is 1120 g/mol. The molecule has 0 aromatic carbocycles. The van der Waals surface area contributed by atoms with Crippen molar-refractivity contribution in [2.24, 2.45) is 0 Å². The predicted molar refractivity (Wildman–Crippen MR) is 348 cm³/mol. The summed E-state index contributed by atoms with van der Waals surface area (Å²) in [7, 11) is 0. The fourth-order valence-corrected chi connectivity index (χ4v) is 10.5. The van der Waals surface area contributed by atoms with Crippen molar-refractivity contribution in [2.45, 2.75) is 380 Å². The summed E-state index contributed by atoms with van der Waals surface area (Å²) >= 11 is 0. The highest BCUT2D eigenvalue weighted by atomic mass is 16.6. The predicted octanol–water partition coefficient (Wildman–Crippen LogP) is 24.3. The monoisotopic (exact) mass is 1120 g/mol. The van der Waals surface area contributed by atoms with Crippen LogP contribution >= 0.6 is 0 Å². The van der Waals surface area contributed by atoms with E-state index in [9.17, 15) is 14.4 Å². The average Bonchev–Trinajstić information content (AvgIpc) is 3.46. The minimum atomic E-state index is -0.767. The summed E-state index contributed by atoms with van der Waals surface area (Å²) < 4.78 is 16.9. The Hall–Kier alpha value is -2.89. The highest BCUT2D eigenvalue weighted by Crippen LogP contribution is 2.18. The van der Waals surface area contributed by atoms with Gasteiger partial charge in [0.25, 0.3) is 0 Å². The van der Waals surface area contributed by atoms with E-state index in [1.165, 1.54) is 244 Å². The number of rotatable bonds is 65. The summed E-state index contributed by atoms with van der Waals surface area (Å²) in [6.07, 6.45) is 88.6. The fourth-order valence-electron chi connectivity index (χ4n) is 10.5. The third-order valence-corrected chi connectivity index (χ3v) is 15.8. The molecule has 0 heterocycles. The highest BCUT2D eigenvalue weighted by molar-refractivity contribution is 5.71. The molecule has 0 aliphatic rings. The SMILES string of the molecule is CC/C=C\C/C=C\C/C=C\C/C=C\C/C=C\CCCCCCCCCCCCCCCCCCCCCC(=O)OCC(COC(=O)CCCCCCCCC)OC(=O)CCCCCCCCCCCCCCCCCCCCCC. The molecule has 466 valence electrons. The quantitative estimate of drug-likeness (QED) is 0.0261. The van der Waals surface area contributed by atoms with Crippen LogP contribution in [0.4, 0.5) is 0 Å². The lowest BCUT2D eigenvalue weighted by Crippen LogP contribution is -2.30. The Labute approximate surface area is 498 Å². The molecular formula is C74H134O6. The molecule has 0 bridgehead atoms. The van der Waals surface area contributed by atoms with Crippen molar-refractivity contribution in [1.82, 2.24) is 0 Å². The maximum atomic E-state index is 12.9. The topological polar surface area (TPSA) is 78.9 Å². The van der Waals surface area contributed by atoms with Crippen LogP contribution in [-0.2, 0) is 28.6 Å². The van der Waals surface area contributed by atoms with Crippen LogP contribution in [0.25, 0.3) is 0 Å². The van der Waals surface area contributed by atoms with Crippen LogP contribution in [0.3, 0.4) is 0 Å². The Morgan fingerprint density at radius 2 is 0.487 bits per heavy atom. The molecule has 0 saturated heterocycles. The zero-order chi connectivity index (χ0) is 57.8. The molecule has 0 aliphatic heterocycles. The molecular weight excluding hydrogens is 985 g/mol. The van der Waals surface area contributed by atoms with Gasteiger partial charge < -0.3 is 14.2 Å². The van der Waals surface area contributed by atoms with E-state index in [2.05, 4.69) is 81.5 Å². The van der Waals surface area contributed by atoms with Crippen molar-refractivity contribution in [2.75, 3.05) is 13.2 Å². The first kappa shape index (κ1) is 77.1. The van der Waals surface area contributed by atoms with Crippen LogP contribution < -0.4 is 0 Å². The molecule has 0 aromatic rings. The minimum absolute atomic E-state index is 0.0666. The van der Waals surface area contributed by atoms with E-state index in [0.29, 0.717) is 19.3 Å². The first-order valence-electron chi connectivity index (χ1n) is 35.3. The van der Waals surface area contributed by atoms with Gasteiger partial charge in [0.05, 0.1) is 0 Å². The Kier molecular flexibility index (Phi) is 66.1. The lowest BCUT2D eigenvalue weighted by molar-refractivity contribution is -0.167. The van der Waals surface area contributed by atoms with Crippen molar-refractivity contribution in [3.63, 3.8) is 0 Å². The number of carbonyl (C=O) groups excluding carboxylic acids is 3. The van der Waals surface area contributed by atoms with Crippen molar-refractivity contribution in [3.05, 3.63) is 60.8 Å². The van der Waals surface area contributed by atoms with Gasteiger partial charge in [-0.3, -0.25) is 14.4 Å². The highest BCUT2D eigenvalue weighted by Gasteiger charge is 2.19. The summed E-state index contributed by atoms with van der Waals surface area (Å²) in [5, 5.41) is 0. The van der Waals surface area contributed by atoms with Gasteiger partial charge >= 0.3 is 17.9 Å². The zero-order valence-electron chi connectivity index (χ0n) is 53.6. The molecule has 0 fully saturated rings. The molecule has 0 N–H and O–H groups in total. The van der Waals surface area contributed by atoms with E-state index < -0.39 is 6.10 Å². The van der Waals surface area contributed by atoms with Crippen LogP contribution in [0.15, 0.2) is 60.8 Å². The zero-order valence-corrected chi connectivity index (χ0v) is 53.6. The minimum Gasteiger partial charge on any atom is -0.462 e. The molecule has 1 unspecified atom stereocenters. The number of unbranched alkanes of at least 4 members (excludes halogenated alkanes) is 44. The van der Waals surface area contributed by atoms with Gasteiger partial charge in [0.15, 0.2) is 6.10 Å². The third-order valence-electron chi connectivity index (χ3n) is 15.8. The Morgan fingerprint density at radius 1 is 0.263 bits per heavy atom.